The molecule has 12 rings (SSSR count). The Balaban J connectivity index is 1.06. The van der Waals surface area contributed by atoms with E-state index in [1.54, 1.807) is 0 Å². The fourth-order valence-corrected chi connectivity index (χ4v) is 11.0. The number of aromatic nitrogens is 1. The van der Waals surface area contributed by atoms with Gasteiger partial charge in [0.25, 0.3) is 0 Å². The van der Waals surface area contributed by atoms with Crippen molar-refractivity contribution in [3.63, 3.8) is 0 Å². The van der Waals surface area contributed by atoms with Crippen molar-refractivity contribution >= 4 is 49.6 Å². The van der Waals surface area contributed by atoms with E-state index in [0.717, 1.165) is 5.69 Å². The van der Waals surface area contributed by atoms with Crippen molar-refractivity contribution in [2.45, 2.75) is 38.5 Å². The summed E-state index contributed by atoms with van der Waals surface area (Å²) in [7, 11) is 0. The molecule has 0 amide bonds. The van der Waals surface area contributed by atoms with Crippen LogP contribution in [-0.4, -0.2) is 4.57 Å². The van der Waals surface area contributed by atoms with Gasteiger partial charge in [-0.3, -0.25) is 0 Å². The Hall–Kier alpha value is -7.16. The average Bonchev–Trinajstić information content (AvgIpc) is 3.84. The van der Waals surface area contributed by atoms with Gasteiger partial charge >= 0.3 is 0 Å². The lowest BCUT2D eigenvalue weighted by molar-refractivity contribution is 0.660. The van der Waals surface area contributed by atoms with Crippen LogP contribution >= 0.6 is 0 Å². The Morgan fingerprint density at radius 2 is 0.800 bits per heavy atom. The van der Waals surface area contributed by atoms with Gasteiger partial charge in [0.15, 0.2) is 0 Å². The first kappa shape index (κ1) is 34.8. The molecule has 0 aliphatic heterocycles. The second kappa shape index (κ2) is 12.7. The quantitative estimate of drug-likeness (QED) is 0.169. The summed E-state index contributed by atoms with van der Waals surface area (Å²) in [5, 5.41) is 5.01. The third-order valence-electron chi connectivity index (χ3n) is 13.8. The monoisotopic (exact) mass is 768 g/mol. The molecule has 0 unspecified atom stereocenters. The Kier molecular flexibility index (Phi) is 7.36. The van der Waals surface area contributed by atoms with Crippen LogP contribution < -0.4 is 4.90 Å². The number of hydrogen-bond acceptors (Lipinski definition) is 1. The lowest BCUT2D eigenvalue weighted by atomic mass is 9.82. The molecule has 2 aliphatic carbocycles. The van der Waals surface area contributed by atoms with Gasteiger partial charge in [-0.1, -0.05) is 179 Å². The molecule has 10 aromatic rings. The molecule has 0 bridgehead atoms. The third-order valence-corrected chi connectivity index (χ3v) is 13.8. The normalized spacial score (nSPS) is 14.3. The van der Waals surface area contributed by atoms with E-state index in [2.05, 4.69) is 231 Å². The molecule has 0 fully saturated rings. The molecule has 60 heavy (non-hydrogen) atoms. The predicted molar refractivity (Wildman–Crippen MR) is 254 cm³/mol. The van der Waals surface area contributed by atoms with E-state index in [-0.39, 0.29) is 10.8 Å². The number of rotatable bonds is 5. The van der Waals surface area contributed by atoms with E-state index < -0.39 is 0 Å². The largest absolute Gasteiger partial charge is 0.309 e. The summed E-state index contributed by atoms with van der Waals surface area (Å²) in [4.78, 5) is 2.54. The van der Waals surface area contributed by atoms with Crippen LogP contribution in [0.15, 0.2) is 194 Å². The summed E-state index contributed by atoms with van der Waals surface area (Å²) >= 11 is 0. The second-order valence-electron chi connectivity index (χ2n) is 17.7. The first-order valence-corrected chi connectivity index (χ1v) is 21.2. The molecule has 9 aromatic carbocycles. The molecule has 0 radical (unpaired) electrons. The fourth-order valence-electron chi connectivity index (χ4n) is 11.0. The van der Waals surface area contributed by atoms with Crippen LogP contribution in [0, 0.1) is 0 Å². The van der Waals surface area contributed by atoms with E-state index in [1.807, 2.05) is 0 Å². The second-order valence-corrected chi connectivity index (χ2v) is 17.7. The maximum atomic E-state index is 2.54. The van der Waals surface area contributed by atoms with Crippen LogP contribution in [0.25, 0.3) is 71.6 Å². The lowest BCUT2D eigenvalue weighted by Crippen LogP contribution is -2.17. The minimum atomic E-state index is -0.114. The van der Waals surface area contributed by atoms with Crippen LogP contribution in [0.2, 0.25) is 0 Å². The molecule has 286 valence electrons. The smallest absolute Gasteiger partial charge is 0.0543 e. The van der Waals surface area contributed by atoms with Crippen molar-refractivity contribution in [3.05, 3.63) is 216 Å². The van der Waals surface area contributed by atoms with E-state index in [1.165, 1.54) is 105 Å². The molecular weight excluding hydrogens is 725 g/mol. The number of fused-ring (bicyclic) bond motifs is 10. The standard InChI is InChI=1S/C58H44N2/c1-57(2)46-23-11-7-21-44(46)55-48(57)25-15-29-53(55)59(54-30-16-26-49-56(54)45-22-8-12-24-47(45)58(49,3)4)38-33-31-37(32-34-38)39-35-36-52(41-18-6-5-17-40(39)41)60-50-27-13-9-19-42(50)43-20-10-14-28-51(43)60/h5-36H,1-4H3. The minimum absolute atomic E-state index is 0.114. The number of hydrogen-bond donors (Lipinski definition) is 0. The van der Waals surface area contributed by atoms with E-state index in [0.29, 0.717) is 0 Å². The van der Waals surface area contributed by atoms with Gasteiger partial charge < -0.3 is 9.47 Å². The van der Waals surface area contributed by atoms with Crippen molar-refractivity contribution < 1.29 is 0 Å². The molecule has 0 N–H and O–H groups in total. The molecular formula is C58H44N2. The fraction of sp³-hybridized carbons (Fsp3) is 0.103. The zero-order valence-electron chi connectivity index (χ0n) is 34.4. The third kappa shape index (κ3) is 4.76. The van der Waals surface area contributed by atoms with Crippen LogP contribution in [0.4, 0.5) is 17.1 Å². The number of nitrogens with zero attached hydrogens (tertiary/aromatic N) is 2. The van der Waals surface area contributed by atoms with Gasteiger partial charge in [0.1, 0.15) is 0 Å². The highest BCUT2D eigenvalue weighted by Crippen LogP contribution is 2.58. The highest BCUT2D eigenvalue weighted by molar-refractivity contribution is 6.11. The maximum Gasteiger partial charge on any atom is 0.0543 e. The summed E-state index contributed by atoms with van der Waals surface area (Å²) < 4.78 is 2.44. The molecule has 0 saturated carbocycles. The summed E-state index contributed by atoms with van der Waals surface area (Å²) in [6.07, 6.45) is 0. The van der Waals surface area contributed by atoms with E-state index in [9.17, 15) is 0 Å². The van der Waals surface area contributed by atoms with Gasteiger partial charge in [0, 0.05) is 43.8 Å². The predicted octanol–water partition coefficient (Wildman–Crippen LogP) is 15.7. The Morgan fingerprint density at radius 3 is 1.35 bits per heavy atom. The molecule has 0 saturated heterocycles. The average molecular weight is 769 g/mol. The van der Waals surface area contributed by atoms with Crippen LogP contribution in [0.3, 0.4) is 0 Å². The van der Waals surface area contributed by atoms with Crippen molar-refractivity contribution in [2.75, 3.05) is 4.90 Å². The Morgan fingerprint density at radius 1 is 0.350 bits per heavy atom. The first-order chi connectivity index (χ1) is 29.3. The summed E-state index contributed by atoms with van der Waals surface area (Å²) in [5.41, 5.74) is 20.1. The molecule has 2 heteroatoms. The lowest BCUT2D eigenvalue weighted by Gasteiger charge is -2.31. The topological polar surface area (TPSA) is 8.17 Å². The highest BCUT2D eigenvalue weighted by Gasteiger charge is 2.40. The van der Waals surface area contributed by atoms with E-state index >= 15 is 0 Å². The molecule has 2 nitrogen and oxygen atoms in total. The summed E-state index contributed by atoms with van der Waals surface area (Å²) in [6.45, 7) is 9.49. The Bertz CT molecular complexity index is 3220. The van der Waals surface area contributed by atoms with Gasteiger partial charge in [-0.15, -0.1) is 0 Å². The Labute approximate surface area is 351 Å². The minimum Gasteiger partial charge on any atom is -0.309 e. The van der Waals surface area contributed by atoms with Crippen LogP contribution in [-0.2, 0) is 10.8 Å². The number of benzene rings is 9. The van der Waals surface area contributed by atoms with Crippen molar-refractivity contribution in [1.29, 1.82) is 0 Å². The number of para-hydroxylation sites is 2. The van der Waals surface area contributed by atoms with Crippen molar-refractivity contribution in [1.82, 2.24) is 4.57 Å². The highest BCUT2D eigenvalue weighted by atomic mass is 15.1. The molecule has 2 aliphatic rings. The number of anilines is 3. The van der Waals surface area contributed by atoms with Gasteiger partial charge in [0.05, 0.1) is 28.1 Å². The maximum absolute atomic E-state index is 2.54. The molecule has 1 aromatic heterocycles. The van der Waals surface area contributed by atoms with Crippen LogP contribution in [0.1, 0.15) is 49.9 Å². The SMILES string of the molecule is CC1(C)c2ccccc2-c2c(N(c3ccc(-c4ccc(-n5c6ccccc6c6ccccc65)c5ccccc45)cc3)c3cccc4c3-c3ccccc3C4(C)C)cccc21. The molecule has 0 spiro atoms. The van der Waals surface area contributed by atoms with E-state index in [4.69, 9.17) is 0 Å². The summed E-state index contributed by atoms with van der Waals surface area (Å²) in [6, 6.07) is 72.2. The zero-order chi connectivity index (χ0) is 40.3. The van der Waals surface area contributed by atoms with Crippen LogP contribution in [0.5, 0.6) is 0 Å². The first-order valence-electron chi connectivity index (χ1n) is 21.2. The van der Waals surface area contributed by atoms with Gasteiger partial charge in [-0.25, -0.2) is 0 Å². The van der Waals surface area contributed by atoms with Crippen molar-refractivity contribution in [2.24, 2.45) is 0 Å². The van der Waals surface area contributed by atoms with Gasteiger partial charge in [0.2, 0.25) is 0 Å². The molecule has 1 heterocycles. The zero-order valence-corrected chi connectivity index (χ0v) is 34.4. The van der Waals surface area contributed by atoms with Crippen molar-refractivity contribution in [3.8, 4) is 39.1 Å². The van der Waals surface area contributed by atoms with Gasteiger partial charge in [-0.05, 0) is 92.4 Å². The summed E-state index contributed by atoms with van der Waals surface area (Å²) in [5.74, 6) is 0. The van der Waals surface area contributed by atoms with Gasteiger partial charge in [-0.2, -0.15) is 0 Å². The molecule has 0 atom stereocenters.